The largest absolute Gasteiger partial charge is 0.490 e. The molecule has 224 valence electrons. The first-order valence-electron chi connectivity index (χ1n) is 14.0. The molecule has 0 fully saturated rings. The number of thioether (sulfide) groups is 1. The summed E-state index contributed by atoms with van der Waals surface area (Å²) in [6.45, 7) is 10.6. The van der Waals surface area contributed by atoms with Gasteiger partial charge in [-0.3, -0.25) is 4.79 Å². The lowest BCUT2D eigenvalue weighted by Crippen LogP contribution is -2.31. The molecule has 1 aliphatic rings. The molecule has 1 aliphatic heterocycles. The second-order valence-electron chi connectivity index (χ2n) is 10.0. The Morgan fingerprint density at radius 1 is 1.12 bits per heavy atom. The number of aryl methyl sites for hydroxylation is 1. The maximum atomic E-state index is 14.1. The molecule has 4 aromatic rings. The average Bonchev–Trinajstić information content (AvgIpc) is 3.37. The second-order valence-corrected chi connectivity index (χ2v) is 12.5. The van der Waals surface area contributed by atoms with Gasteiger partial charge >= 0.3 is 0 Å². The number of nitrogens with zero attached hydrogens (tertiary/aromatic N) is 3. The van der Waals surface area contributed by atoms with Gasteiger partial charge in [-0.25, -0.2) is 4.68 Å². The van der Waals surface area contributed by atoms with Crippen molar-refractivity contribution in [1.29, 1.82) is 0 Å². The number of halogens is 2. The van der Waals surface area contributed by atoms with E-state index in [9.17, 15) is 4.79 Å². The molecule has 43 heavy (non-hydrogen) atoms. The van der Waals surface area contributed by atoms with Crippen molar-refractivity contribution >= 4 is 56.8 Å². The summed E-state index contributed by atoms with van der Waals surface area (Å²) in [5, 5.41) is 12.5. The quantitative estimate of drug-likeness (QED) is 0.163. The molecule has 1 amide bonds. The van der Waals surface area contributed by atoms with Crippen LogP contribution in [0.15, 0.2) is 75.5 Å². The number of benzene rings is 3. The number of carbonyl (C=O) groups is 1. The number of hydrogen-bond acceptors (Lipinski definition) is 7. The smallest absolute Gasteiger partial charge is 0.255 e. The highest BCUT2D eigenvalue weighted by atomic mass is 79.9. The van der Waals surface area contributed by atoms with Crippen molar-refractivity contribution in [2.24, 2.45) is 0 Å². The van der Waals surface area contributed by atoms with Gasteiger partial charge in [0.15, 0.2) is 11.5 Å². The van der Waals surface area contributed by atoms with Gasteiger partial charge in [-0.05, 0) is 90.3 Å². The summed E-state index contributed by atoms with van der Waals surface area (Å²) in [5.41, 5.74) is 5.72. The Balaban J connectivity index is 1.58. The maximum absolute atomic E-state index is 14.1. The number of aromatic nitrogens is 3. The summed E-state index contributed by atoms with van der Waals surface area (Å²) >= 11 is 11.6. The van der Waals surface area contributed by atoms with Crippen LogP contribution < -0.4 is 20.1 Å². The Hall–Kier alpha value is -3.47. The highest BCUT2D eigenvalue weighted by molar-refractivity contribution is 9.10. The second kappa shape index (κ2) is 13.4. The van der Waals surface area contributed by atoms with Gasteiger partial charge in [-0.1, -0.05) is 60.6 Å². The normalized spacial score (nSPS) is 14.3. The molecular formula is C32H33BrClN5O3S. The SMILES string of the molecule is CCOc1cc(C2C(C(=O)Nc3cccc(C)c3C)=C(C)Nc3nc(SCC)nn32)cc(Br)c1OCc1ccccc1Cl. The molecule has 11 heteroatoms. The zero-order valence-corrected chi connectivity index (χ0v) is 27.8. The minimum atomic E-state index is -0.590. The molecular weight excluding hydrogens is 650 g/mol. The Labute approximate surface area is 269 Å². The van der Waals surface area contributed by atoms with E-state index in [-0.39, 0.29) is 12.5 Å². The van der Waals surface area contributed by atoms with E-state index in [0.717, 1.165) is 33.7 Å². The predicted molar refractivity (Wildman–Crippen MR) is 177 cm³/mol. The molecule has 8 nitrogen and oxygen atoms in total. The Kier molecular flexibility index (Phi) is 9.68. The topological polar surface area (TPSA) is 90.3 Å². The lowest BCUT2D eigenvalue weighted by Gasteiger charge is -2.29. The van der Waals surface area contributed by atoms with Crippen molar-refractivity contribution in [2.45, 2.75) is 52.4 Å². The minimum Gasteiger partial charge on any atom is -0.490 e. The van der Waals surface area contributed by atoms with Gasteiger partial charge in [-0.15, -0.1) is 5.10 Å². The Morgan fingerprint density at radius 2 is 1.91 bits per heavy atom. The standard InChI is InChI=1S/C32H33BrClN5O3S/c1-6-41-26-16-22(15-23(33)29(26)42-17-21-12-8-9-13-24(21)34)28-27(30(40)36-25-14-10-11-18(3)19(25)4)20(5)35-31-37-32(43-7-2)38-39(28)31/h8-16,28H,6-7,17H2,1-5H3,(H,36,40)(H,35,37,38). The van der Waals surface area contributed by atoms with E-state index >= 15 is 0 Å². The van der Waals surface area contributed by atoms with Crippen LogP contribution in [0.1, 0.15) is 49.1 Å². The van der Waals surface area contributed by atoms with Gasteiger partial charge < -0.3 is 20.1 Å². The maximum Gasteiger partial charge on any atom is 0.255 e. The van der Waals surface area contributed by atoms with Crippen LogP contribution in [-0.2, 0) is 11.4 Å². The van der Waals surface area contributed by atoms with Gasteiger partial charge in [0, 0.05) is 22.0 Å². The fraction of sp³-hybridized carbons (Fsp3) is 0.281. The first-order valence-corrected chi connectivity index (χ1v) is 16.1. The molecule has 3 aromatic carbocycles. The van der Waals surface area contributed by atoms with Crippen LogP contribution in [0.5, 0.6) is 11.5 Å². The Morgan fingerprint density at radius 3 is 2.65 bits per heavy atom. The number of nitrogens with one attached hydrogen (secondary N) is 2. The van der Waals surface area contributed by atoms with Crippen LogP contribution >= 0.6 is 39.3 Å². The van der Waals surface area contributed by atoms with Crippen molar-refractivity contribution in [3.63, 3.8) is 0 Å². The van der Waals surface area contributed by atoms with Crippen LogP contribution in [0.2, 0.25) is 5.02 Å². The number of rotatable bonds is 10. The van der Waals surface area contributed by atoms with Crippen LogP contribution in [0.25, 0.3) is 0 Å². The highest BCUT2D eigenvalue weighted by Crippen LogP contribution is 2.44. The molecule has 1 unspecified atom stereocenters. The number of allylic oxidation sites excluding steroid dienone is 1. The fourth-order valence-corrected chi connectivity index (χ4v) is 6.23. The molecule has 0 radical (unpaired) electrons. The van der Waals surface area contributed by atoms with E-state index in [1.807, 2.05) is 82.3 Å². The Bertz CT molecular complexity index is 1710. The molecule has 0 aliphatic carbocycles. The van der Waals surface area contributed by atoms with Gasteiger partial charge in [-0.2, -0.15) is 4.98 Å². The first-order chi connectivity index (χ1) is 20.7. The fourth-order valence-electron chi connectivity index (χ4n) is 4.91. The minimum absolute atomic E-state index is 0.234. The average molecular weight is 683 g/mol. The molecule has 0 saturated heterocycles. The summed E-state index contributed by atoms with van der Waals surface area (Å²) in [5.74, 6) is 2.23. The van der Waals surface area contributed by atoms with Crippen LogP contribution in [-0.4, -0.2) is 33.0 Å². The molecule has 1 aromatic heterocycles. The molecule has 1 atom stereocenters. The zero-order valence-electron chi connectivity index (χ0n) is 24.6. The number of hydrogen-bond donors (Lipinski definition) is 2. The molecule has 2 N–H and O–H groups in total. The molecule has 0 saturated carbocycles. The number of amides is 1. The van der Waals surface area contributed by atoms with E-state index < -0.39 is 6.04 Å². The summed E-state index contributed by atoms with van der Waals surface area (Å²) in [7, 11) is 0. The molecule has 0 bridgehead atoms. The van der Waals surface area contributed by atoms with Crippen LogP contribution in [0, 0.1) is 13.8 Å². The van der Waals surface area contributed by atoms with Gasteiger partial charge in [0.05, 0.1) is 16.7 Å². The lowest BCUT2D eigenvalue weighted by molar-refractivity contribution is -0.113. The number of carbonyl (C=O) groups excluding carboxylic acids is 1. The van der Waals surface area contributed by atoms with Crippen molar-refractivity contribution in [2.75, 3.05) is 23.0 Å². The summed E-state index contributed by atoms with van der Waals surface area (Å²) < 4.78 is 14.8. The molecule has 5 rings (SSSR count). The summed E-state index contributed by atoms with van der Waals surface area (Å²) in [4.78, 5) is 18.8. The van der Waals surface area contributed by atoms with Crippen molar-refractivity contribution in [3.05, 3.63) is 97.6 Å². The molecule has 2 heterocycles. The van der Waals surface area contributed by atoms with Crippen molar-refractivity contribution in [1.82, 2.24) is 14.8 Å². The van der Waals surface area contributed by atoms with E-state index in [4.69, 9.17) is 31.2 Å². The van der Waals surface area contributed by atoms with Crippen molar-refractivity contribution < 1.29 is 14.3 Å². The lowest BCUT2D eigenvalue weighted by atomic mass is 9.94. The number of fused-ring (bicyclic) bond motifs is 1. The monoisotopic (exact) mass is 681 g/mol. The predicted octanol–water partition coefficient (Wildman–Crippen LogP) is 8.33. The van der Waals surface area contributed by atoms with E-state index in [0.29, 0.717) is 50.0 Å². The third kappa shape index (κ3) is 6.56. The molecule has 0 spiro atoms. The number of ether oxygens (including phenoxy) is 2. The highest BCUT2D eigenvalue weighted by Gasteiger charge is 2.35. The van der Waals surface area contributed by atoms with Crippen LogP contribution in [0.4, 0.5) is 11.6 Å². The van der Waals surface area contributed by atoms with E-state index in [1.165, 1.54) is 11.8 Å². The summed E-state index contributed by atoms with van der Waals surface area (Å²) in [6, 6.07) is 16.7. The number of anilines is 2. The first kappa shape index (κ1) is 31.0. The van der Waals surface area contributed by atoms with Gasteiger partial charge in [0.1, 0.15) is 12.6 Å². The third-order valence-corrected chi connectivity index (χ3v) is 8.86. The zero-order chi connectivity index (χ0) is 30.7. The summed E-state index contributed by atoms with van der Waals surface area (Å²) in [6.07, 6.45) is 0. The third-order valence-electron chi connectivity index (χ3n) is 7.18. The van der Waals surface area contributed by atoms with E-state index in [1.54, 1.807) is 4.68 Å². The van der Waals surface area contributed by atoms with Crippen LogP contribution in [0.3, 0.4) is 0 Å². The van der Waals surface area contributed by atoms with Crippen molar-refractivity contribution in [3.8, 4) is 11.5 Å². The van der Waals surface area contributed by atoms with Gasteiger partial charge in [0.25, 0.3) is 5.91 Å². The van der Waals surface area contributed by atoms with E-state index in [2.05, 4.69) is 33.5 Å². The van der Waals surface area contributed by atoms with Gasteiger partial charge in [0.2, 0.25) is 11.1 Å².